The topological polar surface area (TPSA) is 50.3 Å². The predicted molar refractivity (Wildman–Crippen MR) is 101 cm³/mol. The van der Waals surface area contributed by atoms with Gasteiger partial charge in [-0.1, -0.05) is 41.4 Å². The number of nitrogens with zero attached hydrogens (tertiary/aromatic N) is 2. The lowest BCUT2D eigenvalue weighted by atomic mass is 10.1. The summed E-state index contributed by atoms with van der Waals surface area (Å²) in [4.78, 5) is 7.06. The molecule has 128 valence electrons. The van der Waals surface area contributed by atoms with E-state index in [1.165, 1.54) is 0 Å². The molecule has 1 aliphatic heterocycles. The molecule has 0 unspecified atom stereocenters. The number of anilines is 1. The third kappa shape index (κ3) is 2.98. The smallest absolute Gasteiger partial charge is 0.180 e. The Morgan fingerprint density at radius 1 is 1.12 bits per heavy atom. The van der Waals surface area contributed by atoms with Gasteiger partial charge in [0.1, 0.15) is 5.82 Å². The van der Waals surface area contributed by atoms with Gasteiger partial charge in [-0.15, -0.1) is 0 Å². The number of aryl methyl sites for hydroxylation is 1. The highest BCUT2D eigenvalue weighted by atomic mass is 35.5. The van der Waals surface area contributed by atoms with Crippen molar-refractivity contribution in [2.45, 2.75) is 18.4 Å². The van der Waals surface area contributed by atoms with Crippen molar-refractivity contribution in [3.8, 4) is 0 Å². The molecule has 0 fully saturated rings. The second kappa shape index (κ2) is 6.00. The molecule has 1 aromatic heterocycles. The Bertz CT molecular complexity index is 1080. The quantitative estimate of drug-likeness (QED) is 0.648. The van der Waals surface area contributed by atoms with Gasteiger partial charge in [-0.3, -0.25) is 0 Å². The predicted octanol–water partition coefficient (Wildman–Crippen LogP) is 3.99. The van der Waals surface area contributed by atoms with Crippen molar-refractivity contribution in [3.05, 3.63) is 64.7 Å². The van der Waals surface area contributed by atoms with Crippen molar-refractivity contribution >= 4 is 38.2 Å². The van der Waals surface area contributed by atoms with Crippen LogP contribution in [0.1, 0.15) is 11.1 Å². The molecule has 0 radical (unpaired) electrons. The minimum Gasteiger partial charge on any atom is -0.350 e. The van der Waals surface area contributed by atoms with Crippen molar-refractivity contribution < 1.29 is 8.42 Å². The highest BCUT2D eigenvalue weighted by molar-refractivity contribution is 7.91. The summed E-state index contributed by atoms with van der Waals surface area (Å²) < 4.78 is 25.0. The number of aromatic nitrogens is 1. The summed E-state index contributed by atoms with van der Waals surface area (Å²) in [6.07, 6.45) is 0. The zero-order valence-corrected chi connectivity index (χ0v) is 15.3. The third-order valence-corrected chi connectivity index (χ3v) is 6.57. The Morgan fingerprint density at radius 3 is 2.76 bits per heavy atom. The van der Waals surface area contributed by atoms with E-state index in [9.17, 15) is 8.42 Å². The monoisotopic (exact) mass is 372 g/mol. The molecule has 3 aromatic rings. The number of hydrogen-bond donors (Lipinski definition) is 0. The SMILES string of the molecule is Cc1ccc2nc(N3CCS(=O)(=O)c4ccccc4C3)c(Cl)cc2c1. The number of benzene rings is 2. The first-order valence-electron chi connectivity index (χ1n) is 8.06. The zero-order valence-electron chi connectivity index (χ0n) is 13.7. The van der Waals surface area contributed by atoms with Gasteiger partial charge >= 0.3 is 0 Å². The van der Waals surface area contributed by atoms with Crippen LogP contribution in [0.4, 0.5) is 5.82 Å². The van der Waals surface area contributed by atoms with E-state index in [0.717, 1.165) is 22.0 Å². The summed E-state index contributed by atoms with van der Waals surface area (Å²) in [7, 11) is -3.29. The molecule has 0 amide bonds. The average molecular weight is 373 g/mol. The minimum absolute atomic E-state index is 0.0496. The molecule has 0 atom stereocenters. The molecule has 25 heavy (non-hydrogen) atoms. The Hall–Kier alpha value is -2.11. The first kappa shape index (κ1) is 16.4. The molecule has 0 bridgehead atoms. The van der Waals surface area contributed by atoms with Crippen molar-refractivity contribution in [1.29, 1.82) is 0 Å². The molecular weight excluding hydrogens is 356 g/mol. The Morgan fingerprint density at radius 2 is 1.92 bits per heavy atom. The number of hydrogen-bond acceptors (Lipinski definition) is 4. The van der Waals surface area contributed by atoms with Gasteiger partial charge in [-0.05, 0) is 36.8 Å². The summed E-state index contributed by atoms with van der Waals surface area (Å²) in [6, 6.07) is 15.1. The number of halogens is 1. The van der Waals surface area contributed by atoms with Crippen LogP contribution >= 0.6 is 11.6 Å². The summed E-state index contributed by atoms with van der Waals surface area (Å²) in [5.74, 6) is 0.679. The summed E-state index contributed by atoms with van der Waals surface area (Å²) >= 11 is 6.49. The van der Waals surface area contributed by atoms with E-state index < -0.39 is 9.84 Å². The van der Waals surface area contributed by atoms with Crippen molar-refractivity contribution in [2.75, 3.05) is 17.2 Å². The van der Waals surface area contributed by atoms with Gasteiger partial charge in [0.2, 0.25) is 0 Å². The highest BCUT2D eigenvalue weighted by Crippen LogP contribution is 2.32. The van der Waals surface area contributed by atoms with Crippen LogP contribution in [0.5, 0.6) is 0 Å². The maximum atomic E-state index is 12.5. The lowest BCUT2D eigenvalue weighted by molar-refractivity contribution is 0.596. The van der Waals surface area contributed by atoms with E-state index >= 15 is 0 Å². The maximum absolute atomic E-state index is 12.5. The number of pyridine rings is 1. The van der Waals surface area contributed by atoms with E-state index in [1.807, 2.05) is 48.2 Å². The van der Waals surface area contributed by atoms with Crippen LogP contribution in [0.2, 0.25) is 5.02 Å². The van der Waals surface area contributed by atoms with Crippen molar-refractivity contribution in [3.63, 3.8) is 0 Å². The second-order valence-electron chi connectivity index (χ2n) is 6.34. The number of sulfone groups is 1. The molecule has 4 nitrogen and oxygen atoms in total. The van der Waals surface area contributed by atoms with E-state index in [1.54, 1.807) is 12.1 Å². The lowest BCUT2D eigenvalue weighted by Crippen LogP contribution is -2.26. The molecule has 6 heteroatoms. The molecule has 1 aliphatic rings. The van der Waals surface area contributed by atoms with Crippen LogP contribution < -0.4 is 4.90 Å². The van der Waals surface area contributed by atoms with Gasteiger partial charge in [-0.25, -0.2) is 13.4 Å². The summed E-state index contributed by atoms with van der Waals surface area (Å²) in [5.41, 5.74) is 2.78. The molecular formula is C19H17ClN2O2S. The van der Waals surface area contributed by atoms with Crippen LogP contribution in [-0.4, -0.2) is 25.7 Å². The van der Waals surface area contributed by atoms with E-state index in [2.05, 4.69) is 0 Å². The number of rotatable bonds is 1. The molecule has 0 saturated carbocycles. The highest BCUT2D eigenvalue weighted by Gasteiger charge is 2.26. The normalized spacial score (nSPS) is 16.5. The summed E-state index contributed by atoms with van der Waals surface area (Å²) in [6.45, 7) is 2.86. The van der Waals surface area contributed by atoms with Gasteiger partial charge in [0.05, 0.1) is 21.2 Å². The first-order valence-corrected chi connectivity index (χ1v) is 10.1. The summed E-state index contributed by atoms with van der Waals surface area (Å²) in [5, 5.41) is 1.52. The van der Waals surface area contributed by atoms with E-state index in [0.29, 0.717) is 28.8 Å². The van der Waals surface area contributed by atoms with Crippen LogP contribution in [0.15, 0.2) is 53.4 Å². The standard InChI is InChI=1S/C19H17ClN2O2S/c1-13-6-7-17-15(10-13)11-16(20)19(21-17)22-8-9-25(23,24)18-5-3-2-4-14(18)12-22/h2-7,10-11H,8-9,12H2,1H3. The Balaban J connectivity index is 1.82. The molecule has 0 spiro atoms. The molecule has 0 saturated heterocycles. The first-order chi connectivity index (χ1) is 11.9. The van der Waals surface area contributed by atoms with Gasteiger partial charge in [-0.2, -0.15) is 0 Å². The fourth-order valence-electron chi connectivity index (χ4n) is 3.23. The van der Waals surface area contributed by atoms with Gasteiger partial charge in [0, 0.05) is 18.5 Å². The minimum atomic E-state index is -3.29. The van der Waals surface area contributed by atoms with Crippen LogP contribution in [0.25, 0.3) is 10.9 Å². The fourth-order valence-corrected chi connectivity index (χ4v) is 5.00. The van der Waals surface area contributed by atoms with Gasteiger partial charge in [0.15, 0.2) is 9.84 Å². The average Bonchev–Trinajstić information content (AvgIpc) is 2.71. The number of fused-ring (bicyclic) bond motifs is 2. The molecule has 4 rings (SSSR count). The molecule has 0 N–H and O–H groups in total. The Labute approximate surface area is 152 Å². The van der Waals surface area contributed by atoms with Crippen molar-refractivity contribution in [1.82, 2.24) is 4.98 Å². The molecule has 0 aliphatic carbocycles. The van der Waals surface area contributed by atoms with Gasteiger partial charge < -0.3 is 4.90 Å². The van der Waals surface area contributed by atoms with Gasteiger partial charge in [0.25, 0.3) is 0 Å². The van der Waals surface area contributed by atoms with Crippen molar-refractivity contribution in [2.24, 2.45) is 0 Å². The fraction of sp³-hybridized carbons (Fsp3) is 0.211. The van der Waals surface area contributed by atoms with Crippen LogP contribution in [0.3, 0.4) is 0 Å². The van der Waals surface area contributed by atoms with E-state index in [-0.39, 0.29) is 5.75 Å². The maximum Gasteiger partial charge on any atom is 0.180 e. The largest absolute Gasteiger partial charge is 0.350 e. The van der Waals surface area contributed by atoms with E-state index in [4.69, 9.17) is 16.6 Å². The molecule has 2 heterocycles. The van der Waals surface area contributed by atoms with Crippen LogP contribution in [-0.2, 0) is 16.4 Å². The zero-order chi connectivity index (χ0) is 17.6. The molecule has 2 aromatic carbocycles. The third-order valence-electron chi connectivity index (χ3n) is 4.50. The second-order valence-corrected chi connectivity index (χ2v) is 8.82. The lowest BCUT2D eigenvalue weighted by Gasteiger charge is -2.23. The van der Waals surface area contributed by atoms with Crippen LogP contribution in [0, 0.1) is 6.92 Å². The Kier molecular flexibility index (Phi) is 3.93.